The van der Waals surface area contributed by atoms with E-state index >= 15 is 0 Å². The summed E-state index contributed by atoms with van der Waals surface area (Å²) >= 11 is 6.93. The van der Waals surface area contributed by atoms with E-state index in [4.69, 9.17) is 16.3 Å². The van der Waals surface area contributed by atoms with Crippen molar-refractivity contribution in [2.24, 2.45) is 11.3 Å². The quantitative estimate of drug-likeness (QED) is 0.555. The Morgan fingerprint density at radius 2 is 1.62 bits per heavy atom. The molecule has 1 aromatic carbocycles. The van der Waals surface area contributed by atoms with E-state index in [1.165, 1.54) is 37.7 Å². The van der Waals surface area contributed by atoms with Crippen molar-refractivity contribution in [3.8, 4) is 5.75 Å². The van der Waals surface area contributed by atoms with Gasteiger partial charge in [-0.15, -0.1) is 11.6 Å². The van der Waals surface area contributed by atoms with E-state index in [1.807, 2.05) is 0 Å². The van der Waals surface area contributed by atoms with Crippen LogP contribution in [-0.4, -0.2) is 6.10 Å². The van der Waals surface area contributed by atoms with Gasteiger partial charge in [0.15, 0.2) is 0 Å². The highest BCUT2D eigenvalue weighted by atomic mass is 35.5. The van der Waals surface area contributed by atoms with Crippen molar-refractivity contribution >= 4 is 11.6 Å². The molecule has 21 heavy (non-hydrogen) atoms. The highest BCUT2D eigenvalue weighted by Crippen LogP contribution is 2.54. The molecule has 0 spiro atoms. The summed E-state index contributed by atoms with van der Waals surface area (Å²) in [5.41, 5.74) is 1.53. The fraction of sp³-hybridized carbons (Fsp3) is 0.684. The van der Waals surface area contributed by atoms with Crippen LogP contribution in [0, 0.1) is 11.3 Å². The zero-order valence-electron chi connectivity index (χ0n) is 13.9. The molecule has 1 fully saturated rings. The zero-order valence-corrected chi connectivity index (χ0v) is 14.6. The first-order valence-corrected chi connectivity index (χ1v) is 8.77. The molecule has 0 bridgehead atoms. The number of halogens is 1. The number of benzene rings is 1. The van der Waals surface area contributed by atoms with Gasteiger partial charge in [0.1, 0.15) is 5.75 Å². The molecule has 0 radical (unpaired) electrons. The van der Waals surface area contributed by atoms with Crippen molar-refractivity contribution < 1.29 is 4.74 Å². The van der Waals surface area contributed by atoms with Crippen LogP contribution in [-0.2, 0) is 0 Å². The van der Waals surface area contributed by atoms with Crippen LogP contribution in [0.2, 0.25) is 0 Å². The number of alkyl halides is 1. The van der Waals surface area contributed by atoms with E-state index < -0.39 is 0 Å². The summed E-state index contributed by atoms with van der Waals surface area (Å²) < 4.78 is 5.72. The summed E-state index contributed by atoms with van der Waals surface area (Å²) in [5, 5.41) is 0.121. The highest BCUT2D eigenvalue weighted by molar-refractivity contribution is 6.21. The van der Waals surface area contributed by atoms with Crippen molar-refractivity contribution in [1.82, 2.24) is 0 Å². The standard InChI is InChI=1S/C19H29ClO/c1-14(2)13-19(11-5-6-12-19)18(20)16-7-9-17(10-8-16)21-15(3)4/h7-10,14-15,18H,5-6,11-13H2,1-4H3. The molecule has 1 unspecified atom stereocenters. The molecular formula is C19H29ClO. The van der Waals surface area contributed by atoms with Crippen LogP contribution >= 0.6 is 11.6 Å². The van der Waals surface area contributed by atoms with Crippen molar-refractivity contribution in [3.05, 3.63) is 29.8 Å². The first-order valence-electron chi connectivity index (χ1n) is 8.34. The molecule has 1 atom stereocenters. The maximum atomic E-state index is 6.93. The van der Waals surface area contributed by atoms with E-state index in [-0.39, 0.29) is 16.9 Å². The Bertz CT molecular complexity index is 429. The van der Waals surface area contributed by atoms with Gasteiger partial charge in [0.2, 0.25) is 0 Å². The van der Waals surface area contributed by atoms with Gasteiger partial charge >= 0.3 is 0 Å². The van der Waals surface area contributed by atoms with Gasteiger partial charge in [0, 0.05) is 0 Å². The van der Waals surface area contributed by atoms with E-state index in [9.17, 15) is 0 Å². The van der Waals surface area contributed by atoms with Crippen LogP contribution in [0.4, 0.5) is 0 Å². The molecule has 0 saturated heterocycles. The summed E-state index contributed by atoms with van der Waals surface area (Å²) in [4.78, 5) is 0. The second kappa shape index (κ2) is 7.05. The lowest BCUT2D eigenvalue weighted by molar-refractivity contribution is 0.222. The molecule has 118 valence electrons. The van der Waals surface area contributed by atoms with Crippen LogP contribution in [0.5, 0.6) is 5.75 Å². The predicted octanol–water partition coefficient (Wildman–Crippen LogP) is 6.36. The molecule has 1 aliphatic rings. The van der Waals surface area contributed by atoms with Crippen molar-refractivity contribution in [2.45, 2.75) is 71.3 Å². The van der Waals surface area contributed by atoms with E-state index in [2.05, 4.69) is 52.0 Å². The molecule has 1 nitrogen and oxygen atoms in total. The van der Waals surface area contributed by atoms with Crippen LogP contribution in [0.3, 0.4) is 0 Å². The minimum Gasteiger partial charge on any atom is -0.491 e. The third-order valence-corrected chi connectivity index (χ3v) is 5.21. The third kappa shape index (κ3) is 4.16. The van der Waals surface area contributed by atoms with Gasteiger partial charge in [-0.25, -0.2) is 0 Å². The van der Waals surface area contributed by atoms with E-state index in [0.29, 0.717) is 5.92 Å². The van der Waals surface area contributed by atoms with Crippen LogP contribution < -0.4 is 4.74 Å². The minimum absolute atomic E-state index is 0.121. The lowest BCUT2D eigenvalue weighted by Crippen LogP contribution is -2.24. The molecule has 0 heterocycles. The van der Waals surface area contributed by atoms with Gasteiger partial charge in [-0.05, 0) is 62.1 Å². The Morgan fingerprint density at radius 3 is 2.10 bits per heavy atom. The summed E-state index contributed by atoms with van der Waals surface area (Å²) in [6.45, 7) is 8.72. The van der Waals surface area contributed by atoms with Gasteiger partial charge in [-0.3, -0.25) is 0 Å². The van der Waals surface area contributed by atoms with Gasteiger partial charge in [0.05, 0.1) is 11.5 Å². The Balaban J connectivity index is 2.15. The van der Waals surface area contributed by atoms with Gasteiger partial charge in [-0.2, -0.15) is 0 Å². The topological polar surface area (TPSA) is 9.23 Å². The van der Waals surface area contributed by atoms with Crippen molar-refractivity contribution in [1.29, 1.82) is 0 Å². The lowest BCUT2D eigenvalue weighted by atomic mass is 9.73. The third-order valence-electron chi connectivity index (χ3n) is 4.50. The summed E-state index contributed by atoms with van der Waals surface area (Å²) in [7, 11) is 0. The maximum absolute atomic E-state index is 6.93. The largest absolute Gasteiger partial charge is 0.491 e. The first kappa shape index (κ1) is 16.7. The highest BCUT2D eigenvalue weighted by Gasteiger charge is 2.41. The molecule has 1 aromatic rings. The molecule has 0 amide bonds. The lowest BCUT2D eigenvalue weighted by Gasteiger charge is -2.36. The average Bonchev–Trinajstić information content (AvgIpc) is 2.87. The van der Waals surface area contributed by atoms with Crippen molar-refractivity contribution in [3.63, 3.8) is 0 Å². The smallest absolute Gasteiger partial charge is 0.119 e. The van der Waals surface area contributed by atoms with E-state index in [1.54, 1.807) is 0 Å². The van der Waals surface area contributed by atoms with Crippen LogP contribution in [0.15, 0.2) is 24.3 Å². The summed E-state index contributed by atoms with van der Waals surface area (Å²) in [6, 6.07) is 8.41. The summed E-state index contributed by atoms with van der Waals surface area (Å²) in [6.07, 6.45) is 6.62. The molecule has 0 aromatic heterocycles. The molecule has 2 rings (SSSR count). The Morgan fingerprint density at radius 1 is 1.05 bits per heavy atom. The number of hydrogen-bond acceptors (Lipinski definition) is 1. The maximum Gasteiger partial charge on any atom is 0.119 e. The number of hydrogen-bond donors (Lipinski definition) is 0. The number of rotatable bonds is 6. The normalized spacial score (nSPS) is 19.2. The Kier molecular flexibility index (Phi) is 5.60. The Labute approximate surface area is 135 Å². The molecule has 0 aliphatic heterocycles. The first-order chi connectivity index (χ1) is 9.93. The van der Waals surface area contributed by atoms with Gasteiger partial charge in [0.25, 0.3) is 0 Å². The van der Waals surface area contributed by atoms with Gasteiger partial charge in [-0.1, -0.05) is 38.8 Å². The average molecular weight is 309 g/mol. The minimum atomic E-state index is 0.121. The van der Waals surface area contributed by atoms with Crippen LogP contribution in [0.25, 0.3) is 0 Å². The second-order valence-electron chi connectivity index (χ2n) is 7.27. The van der Waals surface area contributed by atoms with E-state index in [0.717, 1.165) is 5.75 Å². The fourth-order valence-electron chi connectivity index (χ4n) is 3.79. The fourth-order valence-corrected chi connectivity index (χ4v) is 4.25. The van der Waals surface area contributed by atoms with Crippen LogP contribution in [0.1, 0.15) is 70.7 Å². The summed E-state index contributed by atoms with van der Waals surface area (Å²) in [5.74, 6) is 1.63. The molecule has 1 aliphatic carbocycles. The monoisotopic (exact) mass is 308 g/mol. The van der Waals surface area contributed by atoms with Gasteiger partial charge < -0.3 is 4.74 Å². The SMILES string of the molecule is CC(C)CC1(C(Cl)c2ccc(OC(C)C)cc2)CCCC1. The van der Waals surface area contributed by atoms with Crippen molar-refractivity contribution in [2.75, 3.05) is 0 Å². The second-order valence-corrected chi connectivity index (χ2v) is 7.70. The molecule has 1 saturated carbocycles. The Hall–Kier alpha value is -0.690. The predicted molar refractivity (Wildman–Crippen MR) is 91.2 cm³/mol. The molecule has 2 heteroatoms. The number of ether oxygens (including phenoxy) is 1. The molecular weight excluding hydrogens is 280 g/mol. The molecule has 0 N–H and O–H groups in total. The zero-order chi connectivity index (χ0) is 15.5.